The number of anilines is 6. The van der Waals surface area contributed by atoms with Crippen molar-refractivity contribution in [2.75, 3.05) is 53.0 Å². The standard InChI is InChI=1S/C16H15Cl2N3O3.C16H11F6N3O3.C16H14N2O5.C15H13Cl2N3O3.C15H12N2O5.C14H9ClN2O5/c1-20(2)16(22)14-4-3-13(21(23)24)8-15(14)19-9-10-5-11(17)7-12(18)6-10;17-15(18,19)9-3-8(4-10(5-9)16(20,21)22)7-24-13-2-1-11(25(27)28)6-12(13)14(23)26;1-9-5-10(2)7-11(6-9)15(19)17-14-8-12(18(22)23)3-4-13(14)16(20)21;1-18-15(21)13-7-12(20(22)23)2-3-14(13)19-8-9-4-10(16)6-11(17)5-9;1-9-2-4-10(5-3-9)14(18)16-13-8-11(17(21)22)6-7-12(13)15(19)20;15-9-3-1-8(2-4-9)13(18)16-12-7-10(17(21)22)5-6-11(12)14(19)20/h3-8,19H,9H2,1-2H3;1-6,24H,7H2,(H2,23,26);3-8H,1-2H3,(H,17,19)(H,20,21);2-7,19H,8H2,1H3,(H,18,21);2-8H,1H3,(H,16,18)(H,19,20);1-7H,(H,16,18)(H,19,20). The highest BCUT2D eigenvalue weighted by Gasteiger charge is 2.37. The third kappa shape index (κ3) is 33.3. The number of rotatable bonds is 27. The predicted octanol–water partition coefficient (Wildman–Crippen LogP) is 21.6. The molecule has 0 saturated heterocycles. The molecular formula is C92H74Cl5F6N15O24. The van der Waals surface area contributed by atoms with E-state index in [1.807, 2.05) is 26.8 Å². The van der Waals surface area contributed by atoms with Crippen molar-refractivity contribution in [3.8, 4) is 0 Å². The Kier molecular flexibility index (Phi) is 39.5. The molecular weight excluding hydrogens is 1990 g/mol. The van der Waals surface area contributed by atoms with E-state index in [4.69, 9.17) is 79.1 Å². The lowest BCUT2D eigenvalue weighted by Crippen LogP contribution is -2.23. The summed E-state index contributed by atoms with van der Waals surface area (Å²) in [5, 5.41) is 113. The number of aryl methyl sites for hydroxylation is 3. The first-order valence-electron chi connectivity index (χ1n) is 39.9. The highest BCUT2D eigenvalue weighted by molar-refractivity contribution is 6.35. The predicted molar refractivity (Wildman–Crippen MR) is 513 cm³/mol. The van der Waals surface area contributed by atoms with Crippen molar-refractivity contribution in [3.63, 3.8) is 0 Å². The van der Waals surface area contributed by atoms with Gasteiger partial charge in [-0.1, -0.05) is 92.9 Å². The molecule has 50 heteroatoms. The number of nitro groups is 6. The second kappa shape index (κ2) is 50.2. The summed E-state index contributed by atoms with van der Waals surface area (Å²) in [5.41, 5.74) is 5.32. The normalized spacial score (nSPS) is 10.5. The van der Waals surface area contributed by atoms with Crippen LogP contribution in [-0.2, 0) is 32.0 Å². The largest absolute Gasteiger partial charge is 0.478 e. The maximum atomic E-state index is 12.9. The molecule has 0 bridgehead atoms. The van der Waals surface area contributed by atoms with Gasteiger partial charge in [-0.2, -0.15) is 26.3 Å². The van der Waals surface area contributed by atoms with E-state index in [0.29, 0.717) is 78.4 Å². The summed E-state index contributed by atoms with van der Waals surface area (Å²) in [6, 6.07) is 49.5. The number of nitrogens with two attached hydrogens (primary N) is 1. The number of non-ortho nitro benzene ring substituents is 6. The quantitative estimate of drug-likeness (QED) is 0.0129. The van der Waals surface area contributed by atoms with Crippen molar-refractivity contribution in [3.05, 3.63) is 411 Å². The molecule has 12 aromatic rings. The Morgan fingerprint density at radius 1 is 0.324 bits per heavy atom. The zero-order valence-electron chi connectivity index (χ0n) is 73.8. The molecule has 12 aromatic carbocycles. The second-order valence-electron chi connectivity index (χ2n) is 29.6. The van der Waals surface area contributed by atoms with Gasteiger partial charge >= 0.3 is 30.3 Å². The van der Waals surface area contributed by atoms with Crippen molar-refractivity contribution in [2.45, 2.75) is 52.8 Å². The molecule has 0 atom stereocenters. The van der Waals surface area contributed by atoms with Crippen LogP contribution in [-0.4, -0.2) is 124 Å². The van der Waals surface area contributed by atoms with Crippen molar-refractivity contribution in [2.24, 2.45) is 5.73 Å². The van der Waals surface area contributed by atoms with Crippen LogP contribution in [0.1, 0.15) is 138 Å². The number of carboxylic acids is 3. The molecule has 0 aromatic heterocycles. The van der Waals surface area contributed by atoms with E-state index in [0.717, 1.165) is 101 Å². The fourth-order valence-electron chi connectivity index (χ4n) is 12.3. The first kappa shape index (κ1) is 112. The molecule has 738 valence electrons. The number of aromatic carboxylic acids is 3. The average Bonchev–Trinajstić information content (AvgIpc) is 0.816. The second-order valence-corrected chi connectivity index (χ2v) is 31.8. The number of carbonyl (C=O) groups excluding carboxylic acids is 6. The summed E-state index contributed by atoms with van der Waals surface area (Å²) < 4.78 is 77.3. The summed E-state index contributed by atoms with van der Waals surface area (Å²) in [6.07, 6.45) is -10.00. The molecule has 0 radical (unpaired) electrons. The molecule has 0 aliphatic heterocycles. The molecule has 12 rings (SSSR count). The van der Waals surface area contributed by atoms with Crippen LogP contribution in [0.5, 0.6) is 0 Å². The molecule has 6 amide bonds. The minimum absolute atomic E-state index is 0.00971. The monoisotopic (exact) mass is 2060 g/mol. The SMILES string of the molecule is CN(C)C(=O)c1ccc([N+](=O)[O-])cc1NCc1cc(Cl)cc(Cl)c1.CNC(=O)c1cc([N+](=O)[O-])ccc1NCc1cc(Cl)cc(Cl)c1.Cc1cc(C)cc(C(=O)Nc2cc([N+](=O)[O-])ccc2C(=O)O)c1.Cc1ccc(C(=O)Nc2cc([N+](=O)[O-])ccc2C(=O)O)cc1.NC(=O)c1cc([N+](=O)[O-])ccc1NCc1cc(C(F)(F)F)cc(C(F)(F)F)c1.O=C(Nc1cc([N+](=O)[O-])ccc1C(=O)O)c1ccc(Cl)cc1. The number of hydrogen-bond donors (Lipinski definition) is 11. The Morgan fingerprint density at radius 2 is 0.620 bits per heavy atom. The summed E-state index contributed by atoms with van der Waals surface area (Å²) in [4.78, 5) is 168. The van der Waals surface area contributed by atoms with Gasteiger partial charge < -0.3 is 63.2 Å². The van der Waals surface area contributed by atoms with Crippen LogP contribution in [0.2, 0.25) is 25.1 Å². The molecule has 0 unspecified atom stereocenters. The fourth-order valence-corrected chi connectivity index (χ4v) is 13.6. The number of nitrogens with zero attached hydrogens (tertiary/aromatic N) is 7. The van der Waals surface area contributed by atoms with Gasteiger partial charge in [0.25, 0.3) is 69.6 Å². The van der Waals surface area contributed by atoms with Gasteiger partial charge in [0.15, 0.2) is 0 Å². The van der Waals surface area contributed by atoms with Crippen LogP contribution in [0, 0.1) is 81.5 Å². The van der Waals surface area contributed by atoms with E-state index >= 15 is 0 Å². The Labute approximate surface area is 822 Å². The number of halogens is 11. The topological polar surface area (TPSA) is 587 Å². The van der Waals surface area contributed by atoms with Crippen molar-refractivity contribution in [1.82, 2.24) is 10.2 Å². The average molecular weight is 2060 g/mol. The van der Waals surface area contributed by atoms with Gasteiger partial charge in [0.2, 0.25) is 0 Å². The lowest BCUT2D eigenvalue weighted by atomic mass is 10.0. The van der Waals surface area contributed by atoms with Crippen LogP contribution in [0.4, 0.5) is 94.6 Å². The Balaban J connectivity index is 0.000000232. The van der Waals surface area contributed by atoms with Gasteiger partial charge in [0.1, 0.15) is 0 Å². The highest BCUT2D eigenvalue weighted by Crippen LogP contribution is 2.38. The molecule has 0 spiro atoms. The number of primary amides is 1. The van der Waals surface area contributed by atoms with E-state index < -0.39 is 113 Å². The third-order valence-electron chi connectivity index (χ3n) is 18.9. The molecule has 0 fully saturated rings. The van der Waals surface area contributed by atoms with E-state index in [9.17, 15) is 130 Å². The van der Waals surface area contributed by atoms with E-state index in [-0.39, 0.29) is 102 Å². The summed E-state index contributed by atoms with van der Waals surface area (Å²) in [5.74, 6) is -7.27. The minimum atomic E-state index is -5.00. The summed E-state index contributed by atoms with van der Waals surface area (Å²) in [7, 11) is 4.69. The number of carbonyl (C=O) groups is 9. The number of hydrogen-bond acceptors (Lipinski definition) is 24. The number of carboxylic acid groups (broad SMARTS) is 3. The minimum Gasteiger partial charge on any atom is -0.478 e. The van der Waals surface area contributed by atoms with Crippen LogP contribution >= 0.6 is 58.0 Å². The van der Waals surface area contributed by atoms with Gasteiger partial charge in [-0.15, -0.1) is 0 Å². The van der Waals surface area contributed by atoms with Crippen LogP contribution in [0.3, 0.4) is 0 Å². The van der Waals surface area contributed by atoms with Gasteiger partial charge in [-0.3, -0.25) is 89.5 Å². The summed E-state index contributed by atoms with van der Waals surface area (Å²) >= 11 is 29.5. The van der Waals surface area contributed by atoms with Gasteiger partial charge in [0, 0.05) is 167 Å². The molecule has 12 N–H and O–H groups in total. The highest BCUT2D eigenvalue weighted by atomic mass is 35.5. The molecule has 142 heavy (non-hydrogen) atoms. The van der Waals surface area contributed by atoms with E-state index in [1.165, 1.54) is 72.6 Å². The molecule has 39 nitrogen and oxygen atoms in total. The van der Waals surface area contributed by atoms with E-state index in [1.54, 1.807) is 86.9 Å². The third-order valence-corrected chi connectivity index (χ3v) is 20.1. The lowest BCUT2D eigenvalue weighted by molar-refractivity contribution is -0.385. The Hall–Kier alpha value is -17.3. The van der Waals surface area contributed by atoms with Crippen LogP contribution < -0.4 is 43.0 Å². The maximum Gasteiger partial charge on any atom is 0.416 e. The zero-order valence-corrected chi connectivity index (χ0v) is 77.6. The molecule has 0 aliphatic rings. The first-order valence-corrected chi connectivity index (χ1v) is 41.8. The van der Waals surface area contributed by atoms with Gasteiger partial charge in [0.05, 0.1) is 96.8 Å². The van der Waals surface area contributed by atoms with Crippen LogP contribution in [0.15, 0.2) is 231 Å². The van der Waals surface area contributed by atoms with Gasteiger partial charge in [-0.25, -0.2) is 14.4 Å². The van der Waals surface area contributed by atoms with E-state index in [2.05, 4.69) is 37.2 Å². The molecule has 0 saturated carbocycles. The molecule has 0 heterocycles. The lowest BCUT2D eigenvalue weighted by Gasteiger charge is -2.15. The number of benzene rings is 12. The summed E-state index contributed by atoms with van der Waals surface area (Å²) in [6.45, 7) is 5.69. The maximum absolute atomic E-state index is 12.9. The number of alkyl halides is 6. The van der Waals surface area contributed by atoms with Crippen molar-refractivity contribution >= 4 is 180 Å². The van der Waals surface area contributed by atoms with Gasteiger partial charge in [-0.05, 0) is 177 Å². The molecule has 0 aliphatic carbocycles. The fraction of sp³-hybridized carbons (Fsp3) is 0.120. The first-order chi connectivity index (χ1) is 66.5. The van der Waals surface area contributed by atoms with Crippen molar-refractivity contribution < 1.29 is 114 Å². The number of nitrogens with one attached hydrogen (secondary N) is 7. The zero-order chi connectivity index (χ0) is 106. The van der Waals surface area contributed by atoms with Crippen LogP contribution in [0.25, 0.3) is 0 Å². The Bertz CT molecular complexity index is 6710. The Morgan fingerprint density at radius 3 is 0.944 bits per heavy atom. The number of nitro benzene ring substituents is 6. The smallest absolute Gasteiger partial charge is 0.416 e. The number of amides is 6. The van der Waals surface area contributed by atoms with Crippen molar-refractivity contribution in [1.29, 1.82) is 0 Å².